The quantitative estimate of drug-likeness (QED) is 0.811. The number of ether oxygens (including phenoxy) is 1. The van der Waals surface area contributed by atoms with Gasteiger partial charge in [0.1, 0.15) is 11.5 Å². The van der Waals surface area contributed by atoms with Gasteiger partial charge in [0.25, 0.3) is 0 Å². The lowest BCUT2D eigenvalue weighted by Crippen LogP contribution is -1.90. The zero-order valence-corrected chi connectivity index (χ0v) is 10.3. The van der Waals surface area contributed by atoms with Crippen LogP contribution in [-0.2, 0) is 0 Å². The molecule has 0 saturated carbocycles. The monoisotopic (exact) mass is 268 g/mol. The fourth-order valence-electron chi connectivity index (χ4n) is 1.32. The van der Waals surface area contributed by atoms with E-state index in [9.17, 15) is 0 Å². The van der Waals surface area contributed by atoms with Crippen LogP contribution in [0.3, 0.4) is 0 Å². The van der Waals surface area contributed by atoms with Gasteiger partial charge in [-0.1, -0.05) is 23.2 Å². The van der Waals surface area contributed by atoms with Gasteiger partial charge >= 0.3 is 0 Å². The number of hydrogen-bond acceptors (Lipinski definition) is 3. The van der Waals surface area contributed by atoms with E-state index in [-0.39, 0.29) is 0 Å². The van der Waals surface area contributed by atoms with Crippen LogP contribution in [0.5, 0.6) is 11.5 Å². The van der Waals surface area contributed by atoms with Crippen LogP contribution >= 0.6 is 23.2 Å². The maximum Gasteiger partial charge on any atom is 0.146 e. The average molecular weight is 269 g/mol. The summed E-state index contributed by atoms with van der Waals surface area (Å²) in [6, 6.07) is 10.00. The second-order valence-corrected chi connectivity index (χ2v) is 4.30. The van der Waals surface area contributed by atoms with E-state index in [2.05, 4.69) is 0 Å². The third-order valence-corrected chi connectivity index (χ3v) is 2.72. The Balaban J connectivity index is 2.31. The van der Waals surface area contributed by atoms with Crippen LogP contribution in [0.15, 0.2) is 36.4 Å². The fourth-order valence-corrected chi connectivity index (χ4v) is 1.77. The number of rotatable bonds is 2. The number of nitrogens with two attached hydrogens (primary N) is 2. The summed E-state index contributed by atoms with van der Waals surface area (Å²) < 4.78 is 5.57. The van der Waals surface area contributed by atoms with E-state index < -0.39 is 0 Å². The van der Waals surface area contributed by atoms with Gasteiger partial charge in [0.15, 0.2) is 0 Å². The Bertz CT molecular complexity index is 509. The molecule has 0 spiro atoms. The Morgan fingerprint density at radius 3 is 1.53 bits per heavy atom. The molecule has 0 radical (unpaired) electrons. The average Bonchev–Trinajstić information content (AvgIpc) is 2.25. The first kappa shape index (κ1) is 11.9. The van der Waals surface area contributed by atoms with Gasteiger partial charge in [0.05, 0.1) is 10.0 Å². The van der Waals surface area contributed by atoms with Crippen molar-refractivity contribution in [3.63, 3.8) is 0 Å². The first-order valence-electron chi connectivity index (χ1n) is 4.84. The van der Waals surface area contributed by atoms with Crippen LogP contribution in [0.4, 0.5) is 11.4 Å². The molecule has 0 aliphatic heterocycles. The second-order valence-electron chi connectivity index (χ2n) is 3.48. The SMILES string of the molecule is Nc1ccc(Oc2ccc(N)cc2Cl)c(Cl)c1. The van der Waals surface area contributed by atoms with Crippen molar-refractivity contribution in [3.05, 3.63) is 46.4 Å². The van der Waals surface area contributed by atoms with Crippen LogP contribution in [0.1, 0.15) is 0 Å². The summed E-state index contributed by atoms with van der Waals surface area (Å²) in [6.45, 7) is 0. The van der Waals surface area contributed by atoms with Crippen LogP contribution in [0, 0.1) is 0 Å². The molecule has 88 valence electrons. The molecule has 2 aromatic rings. The van der Waals surface area contributed by atoms with Gasteiger partial charge in [-0.25, -0.2) is 0 Å². The lowest BCUT2D eigenvalue weighted by Gasteiger charge is -2.09. The van der Waals surface area contributed by atoms with E-state index in [0.29, 0.717) is 32.9 Å². The zero-order chi connectivity index (χ0) is 12.4. The lowest BCUT2D eigenvalue weighted by molar-refractivity contribution is 0.483. The van der Waals surface area contributed by atoms with Gasteiger partial charge in [-0.15, -0.1) is 0 Å². The van der Waals surface area contributed by atoms with Crippen molar-refractivity contribution < 1.29 is 4.74 Å². The number of nitrogen functional groups attached to an aromatic ring is 2. The minimum absolute atomic E-state index is 0.429. The molecule has 2 rings (SSSR count). The van der Waals surface area contributed by atoms with E-state index in [1.54, 1.807) is 36.4 Å². The molecule has 0 aliphatic rings. The van der Waals surface area contributed by atoms with Gasteiger partial charge in [-0.05, 0) is 36.4 Å². The zero-order valence-electron chi connectivity index (χ0n) is 8.78. The summed E-state index contributed by atoms with van der Waals surface area (Å²) in [5.74, 6) is 0.986. The lowest BCUT2D eigenvalue weighted by atomic mass is 10.3. The Morgan fingerprint density at radius 1 is 0.765 bits per heavy atom. The highest BCUT2D eigenvalue weighted by Gasteiger charge is 2.07. The van der Waals surface area contributed by atoms with Crippen molar-refractivity contribution >= 4 is 34.6 Å². The second kappa shape index (κ2) is 4.73. The molecule has 4 N–H and O–H groups in total. The molecule has 0 amide bonds. The fraction of sp³-hybridized carbons (Fsp3) is 0. The first-order chi connectivity index (χ1) is 8.06. The highest BCUT2D eigenvalue weighted by Crippen LogP contribution is 2.35. The van der Waals surface area contributed by atoms with Gasteiger partial charge in [0.2, 0.25) is 0 Å². The first-order valence-corrected chi connectivity index (χ1v) is 5.60. The summed E-state index contributed by atoms with van der Waals surface area (Å²) in [4.78, 5) is 0. The Kier molecular flexibility index (Phi) is 3.31. The minimum Gasteiger partial charge on any atom is -0.454 e. The molecular weight excluding hydrogens is 259 g/mol. The van der Waals surface area contributed by atoms with Crippen molar-refractivity contribution in [3.8, 4) is 11.5 Å². The molecule has 0 bridgehead atoms. The van der Waals surface area contributed by atoms with Crippen molar-refractivity contribution in [2.75, 3.05) is 11.5 Å². The molecule has 0 atom stereocenters. The summed E-state index contributed by atoms with van der Waals surface area (Å²) in [6.07, 6.45) is 0. The maximum atomic E-state index is 5.99. The van der Waals surface area contributed by atoms with Gasteiger partial charge < -0.3 is 16.2 Å². The predicted molar refractivity (Wildman–Crippen MR) is 71.8 cm³/mol. The Labute approximate surface area is 109 Å². The van der Waals surface area contributed by atoms with Crippen LogP contribution in [0.25, 0.3) is 0 Å². The number of benzene rings is 2. The van der Waals surface area contributed by atoms with Gasteiger partial charge in [-0.2, -0.15) is 0 Å². The molecule has 0 fully saturated rings. The molecule has 0 heterocycles. The summed E-state index contributed by atoms with van der Waals surface area (Å²) in [5, 5.41) is 0.857. The summed E-state index contributed by atoms with van der Waals surface area (Å²) >= 11 is 12.0. The normalized spacial score (nSPS) is 10.2. The van der Waals surface area contributed by atoms with E-state index in [1.807, 2.05) is 0 Å². The molecule has 0 aromatic heterocycles. The topological polar surface area (TPSA) is 61.3 Å². The Hall–Kier alpha value is -1.58. The number of hydrogen-bond donors (Lipinski definition) is 2. The molecule has 0 saturated heterocycles. The van der Waals surface area contributed by atoms with Crippen molar-refractivity contribution in [1.29, 1.82) is 0 Å². The van der Waals surface area contributed by atoms with Crippen molar-refractivity contribution in [2.24, 2.45) is 0 Å². The van der Waals surface area contributed by atoms with Gasteiger partial charge in [-0.3, -0.25) is 0 Å². The minimum atomic E-state index is 0.429. The number of anilines is 2. The highest BCUT2D eigenvalue weighted by molar-refractivity contribution is 6.33. The van der Waals surface area contributed by atoms with Crippen molar-refractivity contribution in [2.45, 2.75) is 0 Å². The summed E-state index contributed by atoms with van der Waals surface area (Å²) in [5.41, 5.74) is 12.3. The largest absolute Gasteiger partial charge is 0.454 e. The van der Waals surface area contributed by atoms with E-state index >= 15 is 0 Å². The molecule has 2 aromatic carbocycles. The van der Waals surface area contributed by atoms with E-state index in [4.69, 9.17) is 39.4 Å². The smallest absolute Gasteiger partial charge is 0.146 e. The third kappa shape index (κ3) is 2.75. The van der Waals surface area contributed by atoms with Crippen LogP contribution in [-0.4, -0.2) is 0 Å². The number of halogens is 2. The molecule has 0 unspecified atom stereocenters. The maximum absolute atomic E-state index is 5.99. The summed E-state index contributed by atoms with van der Waals surface area (Å²) in [7, 11) is 0. The standard InChI is InChI=1S/C12H10Cl2N2O/c13-9-5-7(15)1-3-11(9)17-12-4-2-8(16)6-10(12)14/h1-6H,15-16H2. The Morgan fingerprint density at radius 2 is 1.18 bits per heavy atom. The third-order valence-electron chi connectivity index (χ3n) is 2.13. The molecule has 5 heteroatoms. The highest BCUT2D eigenvalue weighted by atomic mass is 35.5. The molecule has 0 aliphatic carbocycles. The molecular formula is C12H10Cl2N2O. The van der Waals surface area contributed by atoms with Gasteiger partial charge in [0, 0.05) is 11.4 Å². The van der Waals surface area contributed by atoms with Crippen LogP contribution < -0.4 is 16.2 Å². The molecule has 17 heavy (non-hydrogen) atoms. The van der Waals surface area contributed by atoms with Crippen LogP contribution in [0.2, 0.25) is 10.0 Å². The van der Waals surface area contributed by atoms with E-state index in [1.165, 1.54) is 0 Å². The molecule has 3 nitrogen and oxygen atoms in total. The van der Waals surface area contributed by atoms with Crippen molar-refractivity contribution in [1.82, 2.24) is 0 Å². The van der Waals surface area contributed by atoms with E-state index in [0.717, 1.165) is 0 Å². The predicted octanol–water partition coefficient (Wildman–Crippen LogP) is 3.95.